The van der Waals surface area contributed by atoms with E-state index in [1.807, 2.05) is 13.8 Å². The van der Waals surface area contributed by atoms with Gasteiger partial charge in [-0.25, -0.2) is 0 Å². The molecule has 1 unspecified atom stereocenters. The van der Waals surface area contributed by atoms with Crippen LogP contribution in [0, 0.1) is 6.92 Å². The number of carbonyl (C=O) groups is 1. The summed E-state index contributed by atoms with van der Waals surface area (Å²) in [4.78, 5) is 11.1. The standard InChI is InChI=1S/C12H17NO3/c1-3-6-13-11(12(15)16)9-7-8(2)4-5-10(9)14/h4-5,7,11,13-14H,3,6H2,1-2H3,(H,15,16). The lowest BCUT2D eigenvalue weighted by molar-refractivity contribution is -0.139. The first-order valence-corrected chi connectivity index (χ1v) is 5.32. The van der Waals surface area contributed by atoms with Gasteiger partial charge in [0.2, 0.25) is 0 Å². The average molecular weight is 223 g/mol. The van der Waals surface area contributed by atoms with Crippen LogP contribution < -0.4 is 5.32 Å². The van der Waals surface area contributed by atoms with Crippen LogP contribution in [0.4, 0.5) is 0 Å². The van der Waals surface area contributed by atoms with Crippen molar-refractivity contribution >= 4 is 5.97 Å². The Hall–Kier alpha value is -1.55. The molecule has 0 amide bonds. The van der Waals surface area contributed by atoms with Crippen molar-refractivity contribution in [2.24, 2.45) is 0 Å². The molecule has 1 atom stereocenters. The third-order valence-corrected chi connectivity index (χ3v) is 2.34. The topological polar surface area (TPSA) is 69.6 Å². The number of benzene rings is 1. The molecule has 88 valence electrons. The third-order valence-electron chi connectivity index (χ3n) is 2.34. The van der Waals surface area contributed by atoms with Gasteiger partial charge in [0.15, 0.2) is 0 Å². The van der Waals surface area contributed by atoms with Gasteiger partial charge in [-0.05, 0) is 26.0 Å². The molecule has 3 N–H and O–H groups in total. The highest BCUT2D eigenvalue weighted by molar-refractivity contribution is 5.76. The summed E-state index contributed by atoms with van der Waals surface area (Å²) in [7, 11) is 0. The van der Waals surface area contributed by atoms with Crippen LogP contribution in [0.25, 0.3) is 0 Å². The number of hydrogen-bond donors (Lipinski definition) is 3. The molecule has 0 spiro atoms. The minimum Gasteiger partial charge on any atom is -0.508 e. The van der Waals surface area contributed by atoms with E-state index in [2.05, 4.69) is 5.32 Å². The van der Waals surface area contributed by atoms with Crippen molar-refractivity contribution in [3.05, 3.63) is 29.3 Å². The number of hydrogen-bond acceptors (Lipinski definition) is 3. The molecule has 0 aliphatic carbocycles. The van der Waals surface area contributed by atoms with Gasteiger partial charge in [-0.1, -0.05) is 24.6 Å². The summed E-state index contributed by atoms with van der Waals surface area (Å²) in [6.07, 6.45) is 0.844. The summed E-state index contributed by atoms with van der Waals surface area (Å²) < 4.78 is 0. The highest BCUT2D eigenvalue weighted by atomic mass is 16.4. The van der Waals surface area contributed by atoms with Crippen molar-refractivity contribution in [2.45, 2.75) is 26.3 Å². The van der Waals surface area contributed by atoms with E-state index >= 15 is 0 Å². The molecule has 4 heteroatoms. The van der Waals surface area contributed by atoms with Gasteiger partial charge in [0.05, 0.1) is 0 Å². The maximum absolute atomic E-state index is 11.1. The normalized spacial score (nSPS) is 12.4. The fraction of sp³-hybridized carbons (Fsp3) is 0.417. The summed E-state index contributed by atoms with van der Waals surface area (Å²) in [5, 5.41) is 21.6. The van der Waals surface area contributed by atoms with E-state index in [4.69, 9.17) is 5.11 Å². The zero-order chi connectivity index (χ0) is 12.1. The van der Waals surface area contributed by atoms with Crippen molar-refractivity contribution in [1.82, 2.24) is 5.32 Å². The number of aliphatic carboxylic acids is 1. The second-order valence-corrected chi connectivity index (χ2v) is 3.79. The van der Waals surface area contributed by atoms with E-state index < -0.39 is 12.0 Å². The van der Waals surface area contributed by atoms with Gasteiger partial charge in [0.1, 0.15) is 11.8 Å². The Bertz CT molecular complexity index is 377. The molecule has 4 nitrogen and oxygen atoms in total. The van der Waals surface area contributed by atoms with E-state index in [9.17, 15) is 9.90 Å². The molecular formula is C12H17NO3. The summed E-state index contributed by atoms with van der Waals surface area (Å²) in [6.45, 7) is 4.42. The fourth-order valence-corrected chi connectivity index (χ4v) is 1.52. The van der Waals surface area contributed by atoms with Crippen molar-refractivity contribution in [2.75, 3.05) is 6.54 Å². The third kappa shape index (κ3) is 2.97. The molecule has 0 aliphatic rings. The Labute approximate surface area is 94.9 Å². The molecule has 1 rings (SSSR count). The molecule has 0 saturated heterocycles. The molecule has 0 radical (unpaired) electrons. The summed E-state index contributed by atoms with van der Waals surface area (Å²) >= 11 is 0. The zero-order valence-corrected chi connectivity index (χ0v) is 9.53. The monoisotopic (exact) mass is 223 g/mol. The first-order chi connectivity index (χ1) is 7.56. The largest absolute Gasteiger partial charge is 0.508 e. The number of rotatable bonds is 5. The molecule has 1 aromatic rings. The number of carboxylic acid groups (broad SMARTS) is 1. The summed E-state index contributed by atoms with van der Waals surface area (Å²) in [6, 6.07) is 4.11. The molecule has 0 heterocycles. The highest BCUT2D eigenvalue weighted by Gasteiger charge is 2.21. The van der Waals surface area contributed by atoms with Gasteiger partial charge in [-0.2, -0.15) is 0 Å². The first-order valence-electron chi connectivity index (χ1n) is 5.32. The lowest BCUT2D eigenvalue weighted by Gasteiger charge is -2.16. The number of aryl methyl sites for hydroxylation is 1. The van der Waals surface area contributed by atoms with Gasteiger partial charge in [-0.3, -0.25) is 4.79 Å². The Balaban J connectivity index is 3.00. The van der Waals surface area contributed by atoms with Crippen LogP contribution in [0.3, 0.4) is 0 Å². The molecule has 0 aromatic heterocycles. The van der Waals surface area contributed by atoms with Gasteiger partial charge >= 0.3 is 5.97 Å². The molecule has 0 bridgehead atoms. The summed E-state index contributed by atoms with van der Waals surface area (Å²) in [5.74, 6) is -0.962. The lowest BCUT2D eigenvalue weighted by atomic mass is 10.0. The van der Waals surface area contributed by atoms with Crippen LogP contribution in [-0.4, -0.2) is 22.7 Å². The van der Waals surface area contributed by atoms with E-state index in [1.54, 1.807) is 12.1 Å². The number of phenols is 1. The first kappa shape index (κ1) is 12.5. The van der Waals surface area contributed by atoms with E-state index in [0.717, 1.165) is 12.0 Å². The number of phenolic OH excluding ortho intramolecular Hbond substituents is 1. The van der Waals surface area contributed by atoms with Crippen molar-refractivity contribution in [1.29, 1.82) is 0 Å². The van der Waals surface area contributed by atoms with Crippen LogP contribution in [0.2, 0.25) is 0 Å². The van der Waals surface area contributed by atoms with Crippen molar-refractivity contribution in [3.63, 3.8) is 0 Å². The Kier molecular flexibility index (Phi) is 4.31. The predicted molar refractivity (Wildman–Crippen MR) is 61.5 cm³/mol. The molecule has 1 aromatic carbocycles. The maximum atomic E-state index is 11.1. The van der Waals surface area contributed by atoms with Gasteiger partial charge in [0.25, 0.3) is 0 Å². The Morgan fingerprint density at radius 2 is 2.19 bits per heavy atom. The van der Waals surface area contributed by atoms with Crippen LogP contribution in [0.1, 0.15) is 30.5 Å². The predicted octanol–water partition coefficient (Wildman–Crippen LogP) is 1.83. The molecule has 16 heavy (non-hydrogen) atoms. The minimum absolute atomic E-state index is 0.0154. The minimum atomic E-state index is -0.977. The SMILES string of the molecule is CCCNC(C(=O)O)c1cc(C)ccc1O. The lowest BCUT2D eigenvalue weighted by Crippen LogP contribution is -2.29. The smallest absolute Gasteiger partial charge is 0.325 e. The van der Waals surface area contributed by atoms with E-state index in [-0.39, 0.29) is 5.75 Å². The second-order valence-electron chi connectivity index (χ2n) is 3.79. The van der Waals surface area contributed by atoms with Gasteiger partial charge < -0.3 is 15.5 Å². The van der Waals surface area contributed by atoms with Gasteiger partial charge in [0, 0.05) is 5.56 Å². The number of nitrogens with one attached hydrogen (secondary N) is 1. The van der Waals surface area contributed by atoms with Crippen molar-refractivity contribution in [3.8, 4) is 5.75 Å². The van der Waals surface area contributed by atoms with Crippen molar-refractivity contribution < 1.29 is 15.0 Å². The Morgan fingerprint density at radius 1 is 1.50 bits per heavy atom. The number of aromatic hydroxyl groups is 1. The van der Waals surface area contributed by atoms with E-state index in [1.165, 1.54) is 6.07 Å². The van der Waals surface area contributed by atoms with Crippen LogP contribution in [0.5, 0.6) is 5.75 Å². The zero-order valence-electron chi connectivity index (χ0n) is 9.53. The molecule has 0 saturated carbocycles. The number of carboxylic acids is 1. The molecular weight excluding hydrogens is 206 g/mol. The molecule has 0 aliphatic heterocycles. The molecule has 0 fully saturated rings. The van der Waals surface area contributed by atoms with Crippen LogP contribution >= 0.6 is 0 Å². The van der Waals surface area contributed by atoms with Gasteiger partial charge in [-0.15, -0.1) is 0 Å². The second kappa shape index (κ2) is 5.51. The average Bonchev–Trinajstić information content (AvgIpc) is 2.23. The van der Waals surface area contributed by atoms with E-state index in [0.29, 0.717) is 12.1 Å². The Morgan fingerprint density at radius 3 is 2.75 bits per heavy atom. The van der Waals surface area contributed by atoms with Crippen LogP contribution in [0.15, 0.2) is 18.2 Å². The summed E-state index contributed by atoms with van der Waals surface area (Å²) in [5.41, 5.74) is 1.35. The fourth-order valence-electron chi connectivity index (χ4n) is 1.52. The highest BCUT2D eigenvalue weighted by Crippen LogP contribution is 2.25. The van der Waals surface area contributed by atoms with Crippen LogP contribution in [-0.2, 0) is 4.79 Å². The maximum Gasteiger partial charge on any atom is 0.325 e. The quantitative estimate of drug-likeness (QED) is 0.712.